The van der Waals surface area contributed by atoms with Crippen molar-refractivity contribution in [3.8, 4) is 22.8 Å². The molecule has 3 aromatic heterocycles. The van der Waals surface area contributed by atoms with Crippen LogP contribution in [0.3, 0.4) is 0 Å². The van der Waals surface area contributed by atoms with Crippen LogP contribution in [0, 0.1) is 0 Å². The molecule has 6 heteroatoms. The molecule has 0 aliphatic heterocycles. The van der Waals surface area contributed by atoms with Crippen molar-refractivity contribution in [2.75, 3.05) is 6.54 Å². The van der Waals surface area contributed by atoms with Gasteiger partial charge in [-0.15, -0.1) is 0 Å². The topological polar surface area (TPSA) is 71.9 Å². The summed E-state index contributed by atoms with van der Waals surface area (Å²) in [6.45, 7) is 3.32. The van der Waals surface area contributed by atoms with Crippen molar-refractivity contribution >= 4 is 16.9 Å². The molecule has 2 aromatic carbocycles. The molecule has 1 amide bonds. The van der Waals surface area contributed by atoms with Crippen LogP contribution in [-0.2, 0) is 6.54 Å². The van der Waals surface area contributed by atoms with Crippen LogP contribution >= 0.6 is 0 Å². The van der Waals surface area contributed by atoms with Crippen LogP contribution in [0.1, 0.15) is 29.3 Å². The van der Waals surface area contributed by atoms with Gasteiger partial charge in [0.05, 0.1) is 22.4 Å². The lowest BCUT2D eigenvalue weighted by Crippen LogP contribution is -2.31. The summed E-state index contributed by atoms with van der Waals surface area (Å²) in [5, 5.41) is 0. The van der Waals surface area contributed by atoms with Crippen molar-refractivity contribution < 1.29 is 4.79 Å². The summed E-state index contributed by atoms with van der Waals surface area (Å²) >= 11 is 0. The highest BCUT2D eigenvalue weighted by Gasteiger charge is 2.19. The predicted molar refractivity (Wildman–Crippen MR) is 137 cm³/mol. The highest BCUT2D eigenvalue weighted by atomic mass is 16.2. The minimum atomic E-state index is -0.0207. The van der Waals surface area contributed by atoms with Crippen molar-refractivity contribution in [2.24, 2.45) is 0 Å². The molecule has 172 valence electrons. The third-order valence-corrected chi connectivity index (χ3v) is 5.72. The molecule has 5 rings (SSSR count). The van der Waals surface area contributed by atoms with E-state index in [1.54, 1.807) is 12.4 Å². The van der Waals surface area contributed by atoms with Gasteiger partial charge in [-0.25, -0.2) is 9.97 Å². The van der Waals surface area contributed by atoms with Gasteiger partial charge in [0.15, 0.2) is 0 Å². The standard InChI is InChI=1S/C29H25N5O/c1-2-18-34(20-21-10-4-3-5-11-21)29(35)22-14-15-23-26(19-22)33-28(25-13-7-9-17-31-25)27(32-23)24-12-6-8-16-30-24/h3-17,19H,2,18,20H2,1H3. The number of hydrogen-bond donors (Lipinski definition) is 0. The summed E-state index contributed by atoms with van der Waals surface area (Å²) in [4.78, 5) is 34.1. The van der Waals surface area contributed by atoms with Gasteiger partial charge in [-0.2, -0.15) is 0 Å². The lowest BCUT2D eigenvalue weighted by molar-refractivity contribution is 0.0743. The van der Waals surface area contributed by atoms with Gasteiger partial charge < -0.3 is 4.90 Å². The average molecular weight is 460 g/mol. The highest BCUT2D eigenvalue weighted by molar-refractivity contribution is 5.98. The van der Waals surface area contributed by atoms with E-state index in [2.05, 4.69) is 16.9 Å². The Morgan fingerprint density at radius 3 is 1.97 bits per heavy atom. The maximum atomic E-state index is 13.5. The number of fused-ring (bicyclic) bond motifs is 1. The summed E-state index contributed by atoms with van der Waals surface area (Å²) < 4.78 is 0. The molecule has 0 bridgehead atoms. The molecule has 0 radical (unpaired) electrons. The molecule has 35 heavy (non-hydrogen) atoms. The third-order valence-electron chi connectivity index (χ3n) is 5.72. The Hall–Kier alpha value is -4.45. The maximum absolute atomic E-state index is 13.5. The monoisotopic (exact) mass is 459 g/mol. The first-order valence-corrected chi connectivity index (χ1v) is 11.7. The molecule has 5 aromatic rings. The van der Waals surface area contributed by atoms with Crippen LogP contribution in [0.25, 0.3) is 33.8 Å². The van der Waals surface area contributed by atoms with Gasteiger partial charge in [-0.3, -0.25) is 14.8 Å². The lowest BCUT2D eigenvalue weighted by Gasteiger charge is -2.22. The van der Waals surface area contributed by atoms with Crippen molar-refractivity contribution in [1.82, 2.24) is 24.8 Å². The van der Waals surface area contributed by atoms with Crippen LogP contribution in [0.5, 0.6) is 0 Å². The second kappa shape index (κ2) is 10.2. The summed E-state index contributed by atoms with van der Waals surface area (Å²) in [6, 6.07) is 27.0. The minimum absolute atomic E-state index is 0.0207. The first kappa shape index (κ1) is 22.3. The maximum Gasteiger partial charge on any atom is 0.254 e. The number of carbonyl (C=O) groups is 1. The van der Waals surface area contributed by atoms with E-state index < -0.39 is 0 Å². The molecular weight excluding hydrogens is 434 g/mol. The van der Waals surface area contributed by atoms with Crippen LogP contribution in [-0.4, -0.2) is 37.3 Å². The second-order valence-corrected chi connectivity index (χ2v) is 8.27. The van der Waals surface area contributed by atoms with E-state index in [-0.39, 0.29) is 5.91 Å². The first-order chi connectivity index (χ1) is 17.2. The summed E-state index contributed by atoms with van der Waals surface area (Å²) in [6.07, 6.45) is 4.35. The molecule has 0 N–H and O–H groups in total. The molecule has 0 aliphatic carbocycles. The summed E-state index contributed by atoms with van der Waals surface area (Å²) in [5.74, 6) is -0.0207. The zero-order valence-electron chi connectivity index (χ0n) is 19.5. The number of hydrogen-bond acceptors (Lipinski definition) is 5. The quantitative estimate of drug-likeness (QED) is 0.307. The van der Waals surface area contributed by atoms with Gasteiger partial charge in [0, 0.05) is 31.0 Å². The number of aromatic nitrogens is 4. The van der Waals surface area contributed by atoms with E-state index in [4.69, 9.17) is 9.97 Å². The number of nitrogens with zero attached hydrogens (tertiary/aromatic N) is 5. The summed E-state index contributed by atoms with van der Waals surface area (Å²) in [5.41, 5.74) is 5.76. The Bertz CT molecular complexity index is 1440. The fourth-order valence-electron chi connectivity index (χ4n) is 4.06. The van der Waals surface area contributed by atoms with Gasteiger partial charge in [-0.05, 0) is 54.4 Å². The number of rotatable bonds is 7. The highest BCUT2D eigenvalue weighted by Crippen LogP contribution is 2.29. The van der Waals surface area contributed by atoms with Crippen LogP contribution in [0.2, 0.25) is 0 Å². The molecule has 0 saturated carbocycles. The minimum Gasteiger partial charge on any atom is -0.334 e. The lowest BCUT2D eigenvalue weighted by atomic mass is 10.1. The van der Waals surface area contributed by atoms with E-state index in [9.17, 15) is 4.79 Å². The predicted octanol–water partition coefficient (Wildman–Crippen LogP) is 5.81. The molecule has 0 saturated heterocycles. The van der Waals surface area contributed by atoms with Crippen LogP contribution in [0.4, 0.5) is 0 Å². The normalized spacial score (nSPS) is 10.9. The van der Waals surface area contributed by atoms with Crippen molar-refractivity contribution in [3.05, 3.63) is 108 Å². The van der Waals surface area contributed by atoms with Crippen LogP contribution < -0.4 is 0 Å². The molecule has 0 unspecified atom stereocenters. The summed E-state index contributed by atoms with van der Waals surface area (Å²) in [7, 11) is 0. The molecule has 3 heterocycles. The van der Waals surface area contributed by atoms with Gasteiger partial charge in [-0.1, -0.05) is 49.4 Å². The zero-order chi connectivity index (χ0) is 24.0. The number of amides is 1. The largest absolute Gasteiger partial charge is 0.334 e. The van der Waals surface area contributed by atoms with Crippen LogP contribution in [0.15, 0.2) is 97.3 Å². The SMILES string of the molecule is CCCN(Cc1ccccc1)C(=O)c1ccc2nc(-c3ccccn3)c(-c3ccccn3)nc2c1. The van der Waals surface area contributed by atoms with Gasteiger partial charge in [0.25, 0.3) is 5.91 Å². The average Bonchev–Trinajstić information content (AvgIpc) is 2.93. The smallest absolute Gasteiger partial charge is 0.254 e. The van der Waals surface area contributed by atoms with E-state index in [1.807, 2.05) is 89.8 Å². The number of benzene rings is 2. The fraction of sp³-hybridized carbons (Fsp3) is 0.138. The van der Waals surface area contributed by atoms with Crippen molar-refractivity contribution in [2.45, 2.75) is 19.9 Å². The Kier molecular flexibility index (Phi) is 6.52. The second-order valence-electron chi connectivity index (χ2n) is 8.27. The van der Waals surface area contributed by atoms with E-state index >= 15 is 0 Å². The van der Waals surface area contributed by atoms with Gasteiger partial charge in [0.1, 0.15) is 11.4 Å². The molecule has 0 spiro atoms. The number of carbonyl (C=O) groups excluding carboxylic acids is 1. The zero-order valence-corrected chi connectivity index (χ0v) is 19.5. The Morgan fingerprint density at radius 1 is 0.743 bits per heavy atom. The molecule has 0 aliphatic rings. The molecule has 0 fully saturated rings. The molecular formula is C29H25N5O. The fourth-order valence-corrected chi connectivity index (χ4v) is 4.06. The van der Waals surface area contributed by atoms with E-state index in [1.165, 1.54) is 0 Å². The molecule has 6 nitrogen and oxygen atoms in total. The molecule has 0 atom stereocenters. The van der Waals surface area contributed by atoms with Crippen molar-refractivity contribution in [1.29, 1.82) is 0 Å². The van der Waals surface area contributed by atoms with E-state index in [0.29, 0.717) is 46.8 Å². The Balaban J connectivity index is 1.57. The van der Waals surface area contributed by atoms with Crippen molar-refractivity contribution in [3.63, 3.8) is 0 Å². The first-order valence-electron chi connectivity index (χ1n) is 11.7. The van der Waals surface area contributed by atoms with E-state index in [0.717, 1.165) is 17.7 Å². The third kappa shape index (κ3) is 4.92. The van der Waals surface area contributed by atoms with Gasteiger partial charge in [0.2, 0.25) is 0 Å². The Morgan fingerprint density at radius 2 is 1.37 bits per heavy atom. The van der Waals surface area contributed by atoms with Gasteiger partial charge >= 0.3 is 0 Å². The number of pyridine rings is 2. The Labute approximate surface area is 204 Å².